The van der Waals surface area contributed by atoms with Gasteiger partial charge in [-0.1, -0.05) is 18.2 Å². The molecule has 6 heteroatoms. The normalized spacial score (nSPS) is 14.8. The van der Waals surface area contributed by atoms with E-state index in [1.165, 1.54) is 0 Å². The van der Waals surface area contributed by atoms with Gasteiger partial charge in [-0.15, -0.1) is 0 Å². The molecule has 1 aromatic rings. The maximum absolute atomic E-state index is 11.7. The lowest BCUT2D eigenvalue weighted by Gasteiger charge is -2.25. The lowest BCUT2D eigenvalue weighted by Crippen LogP contribution is -2.42. The molecule has 1 aromatic carbocycles. The van der Waals surface area contributed by atoms with E-state index >= 15 is 0 Å². The largest absolute Gasteiger partial charge is 0.428 e. The summed E-state index contributed by atoms with van der Waals surface area (Å²) in [6, 6.07) is 8.76. The van der Waals surface area contributed by atoms with Gasteiger partial charge >= 0.3 is 6.09 Å². The number of nitrogens with zero attached hydrogens (tertiary/aromatic N) is 1. The Labute approximate surface area is 111 Å². The first-order valence-electron chi connectivity index (χ1n) is 6.10. The van der Waals surface area contributed by atoms with E-state index in [2.05, 4.69) is 5.32 Å². The molecule has 2 rings (SSSR count). The Morgan fingerprint density at radius 2 is 1.89 bits per heavy atom. The van der Waals surface area contributed by atoms with Gasteiger partial charge in [-0.05, 0) is 12.1 Å². The second-order valence-corrected chi connectivity index (χ2v) is 4.03. The zero-order chi connectivity index (χ0) is 13.5. The van der Waals surface area contributed by atoms with Crippen molar-refractivity contribution in [2.75, 3.05) is 33.0 Å². The molecule has 0 aromatic heterocycles. The summed E-state index contributed by atoms with van der Waals surface area (Å²) in [7, 11) is 0. The van der Waals surface area contributed by atoms with Crippen LogP contribution in [0.15, 0.2) is 30.3 Å². The van der Waals surface area contributed by atoms with Crippen molar-refractivity contribution in [2.24, 2.45) is 0 Å². The van der Waals surface area contributed by atoms with Crippen molar-refractivity contribution in [2.45, 2.75) is 0 Å². The Kier molecular flexibility index (Phi) is 4.74. The fourth-order valence-electron chi connectivity index (χ4n) is 1.69. The van der Waals surface area contributed by atoms with Crippen LogP contribution >= 0.6 is 0 Å². The van der Waals surface area contributed by atoms with Gasteiger partial charge in [-0.2, -0.15) is 0 Å². The molecule has 0 atom stereocenters. The molecule has 0 saturated carbocycles. The number of carbonyl (C=O) groups excluding carboxylic acids is 2. The molecular formula is C13H16N2O4. The second-order valence-electron chi connectivity index (χ2n) is 4.03. The monoisotopic (exact) mass is 264 g/mol. The Hall–Kier alpha value is -2.08. The third-order valence-electron chi connectivity index (χ3n) is 2.73. The number of ether oxygens (including phenoxy) is 2. The van der Waals surface area contributed by atoms with Gasteiger partial charge in [0.15, 0.2) is 6.73 Å². The van der Waals surface area contributed by atoms with Crippen molar-refractivity contribution < 1.29 is 19.1 Å². The fraction of sp³-hybridized carbons (Fsp3) is 0.385. The first kappa shape index (κ1) is 13.4. The topological polar surface area (TPSA) is 67.9 Å². The van der Waals surface area contributed by atoms with Crippen LogP contribution in [0.2, 0.25) is 0 Å². The summed E-state index contributed by atoms with van der Waals surface area (Å²) in [6.45, 7) is 1.94. The first-order chi connectivity index (χ1) is 9.27. The molecule has 1 aliphatic rings. The van der Waals surface area contributed by atoms with Gasteiger partial charge < -0.3 is 19.7 Å². The number of morpholine rings is 1. The van der Waals surface area contributed by atoms with E-state index in [1.807, 2.05) is 6.07 Å². The summed E-state index contributed by atoms with van der Waals surface area (Å²) in [6.07, 6.45) is -0.434. The van der Waals surface area contributed by atoms with E-state index in [9.17, 15) is 9.59 Å². The van der Waals surface area contributed by atoms with Crippen molar-refractivity contribution in [3.8, 4) is 0 Å². The molecule has 2 amide bonds. The summed E-state index contributed by atoms with van der Waals surface area (Å²) in [5, 5.41) is 2.53. The van der Waals surface area contributed by atoms with E-state index in [4.69, 9.17) is 9.47 Å². The SMILES string of the molecule is O=C(NCOC(=O)N1CCOCC1)c1ccccc1. The van der Waals surface area contributed by atoms with Crippen LogP contribution in [0.25, 0.3) is 0 Å². The molecule has 6 nitrogen and oxygen atoms in total. The minimum absolute atomic E-state index is 0.135. The molecular weight excluding hydrogens is 248 g/mol. The number of nitrogens with one attached hydrogen (secondary N) is 1. The third-order valence-corrected chi connectivity index (χ3v) is 2.73. The van der Waals surface area contributed by atoms with Crippen LogP contribution in [0, 0.1) is 0 Å². The number of rotatable bonds is 3. The molecule has 0 aliphatic carbocycles. The van der Waals surface area contributed by atoms with Crippen molar-refractivity contribution in [1.29, 1.82) is 0 Å². The van der Waals surface area contributed by atoms with E-state index in [0.717, 1.165) is 0 Å². The summed E-state index contributed by atoms with van der Waals surface area (Å²) < 4.78 is 10.1. The minimum Gasteiger partial charge on any atom is -0.428 e. The van der Waals surface area contributed by atoms with Crippen LogP contribution < -0.4 is 5.32 Å². The Bertz CT molecular complexity index is 430. The summed E-state index contributed by atoms with van der Waals surface area (Å²) in [5.74, 6) is -0.268. The molecule has 1 heterocycles. The second kappa shape index (κ2) is 6.75. The van der Waals surface area contributed by atoms with Crippen molar-refractivity contribution >= 4 is 12.0 Å². The van der Waals surface area contributed by atoms with E-state index in [1.54, 1.807) is 29.2 Å². The quantitative estimate of drug-likeness (QED) is 0.822. The first-order valence-corrected chi connectivity index (χ1v) is 6.10. The minimum atomic E-state index is -0.434. The number of amides is 2. The maximum Gasteiger partial charge on any atom is 0.411 e. The molecule has 1 N–H and O–H groups in total. The highest BCUT2D eigenvalue weighted by atomic mass is 16.6. The van der Waals surface area contributed by atoms with E-state index in [-0.39, 0.29) is 12.6 Å². The molecule has 1 fully saturated rings. The van der Waals surface area contributed by atoms with Gasteiger partial charge in [-0.3, -0.25) is 4.79 Å². The molecule has 0 unspecified atom stereocenters. The fourth-order valence-corrected chi connectivity index (χ4v) is 1.69. The lowest BCUT2D eigenvalue weighted by atomic mass is 10.2. The predicted molar refractivity (Wildman–Crippen MR) is 67.6 cm³/mol. The summed E-state index contributed by atoms with van der Waals surface area (Å²) in [5.41, 5.74) is 0.532. The molecule has 1 saturated heterocycles. The number of hydrogen-bond acceptors (Lipinski definition) is 4. The van der Waals surface area contributed by atoms with E-state index in [0.29, 0.717) is 31.9 Å². The summed E-state index contributed by atoms with van der Waals surface area (Å²) >= 11 is 0. The van der Waals surface area contributed by atoms with Crippen LogP contribution in [-0.4, -0.2) is 49.9 Å². The standard InChI is InChI=1S/C13H16N2O4/c16-12(11-4-2-1-3-5-11)14-10-19-13(17)15-6-8-18-9-7-15/h1-5H,6-10H2,(H,14,16). The number of benzene rings is 1. The Morgan fingerprint density at radius 3 is 2.58 bits per heavy atom. The van der Waals surface area contributed by atoms with Crippen LogP contribution in [0.3, 0.4) is 0 Å². The molecule has 19 heavy (non-hydrogen) atoms. The van der Waals surface area contributed by atoms with Gasteiger partial charge in [0, 0.05) is 18.7 Å². The maximum atomic E-state index is 11.7. The lowest BCUT2D eigenvalue weighted by molar-refractivity contribution is 0.0250. The highest BCUT2D eigenvalue weighted by molar-refractivity contribution is 5.94. The number of carbonyl (C=O) groups is 2. The Balaban J connectivity index is 1.71. The van der Waals surface area contributed by atoms with Crippen LogP contribution in [0.4, 0.5) is 4.79 Å². The third kappa shape index (κ3) is 3.96. The van der Waals surface area contributed by atoms with Crippen LogP contribution in [0.5, 0.6) is 0 Å². The van der Waals surface area contributed by atoms with Gasteiger partial charge in [0.25, 0.3) is 5.91 Å². The highest BCUT2D eigenvalue weighted by Crippen LogP contribution is 2.00. The van der Waals surface area contributed by atoms with Gasteiger partial charge in [0.05, 0.1) is 13.2 Å². The molecule has 0 radical (unpaired) electrons. The average Bonchev–Trinajstić information content (AvgIpc) is 2.49. The predicted octanol–water partition coefficient (Wildman–Crippen LogP) is 0.843. The van der Waals surface area contributed by atoms with Crippen LogP contribution in [-0.2, 0) is 9.47 Å². The van der Waals surface area contributed by atoms with Crippen molar-refractivity contribution in [3.63, 3.8) is 0 Å². The van der Waals surface area contributed by atoms with E-state index < -0.39 is 6.09 Å². The number of hydrogen-bond donors (Lipinski definition) is 1. The molecule has 102 valence electrons. The summed E-state index contributed by atoms with van der Waals surface area (Å²) in [4.78, 5) is 24.8. The van der Waals surface area contributed by atoms with Crippen molar-refractivity contribution in [3.05, 3.63) is 35.9 Å². The van der Waals surface area contributed by atoms with Gasteiger partial charge in [0.1, 0.15) is 0 Å². The smallest absolute Gasteiger partial charge is 0.411 e. The van der Waals surface area contributed by atoms with Crippen molar-refractivity contribution in [1.82, 2.24) is 10.2 Å². The molecule has 1 aliphatic heterocycles. The van der Waals surface area contributed by atoms with Gasteiger partial charge in [0.2, 0.25) is 0 Å². The van der Waals surface area contributed by atoms with Crippen LogP contribution in [0.1, 0.15) is 10.4 Å². The zero-order valence-electron chi connectivity index (χ0n) is 10.5. The molecule has 0 bridgehead atoms. The average molecular weight is 264 g/mol. The Morgan fingerprint density at radius 1 is 1.21 bits per heavy atom. The highest BCUT2D eigenvalue weighted by Gasteiger charge is 2.18. The van der Waals surface area contributed by atoms with Gasteiger partial charge in [-0.25, -0.2) is 4.79 Å². The molecule has 0 spiro atoms. The zero-order valence-corrected chi connectivity index (χ0v) is 10.5.